The van der Waals surface area contributed by atoms with Gasteiger partial charge in [0.1, 0.15) is 52.2 Å². The van der Waals surface area contributed by atoms with Gasteiger partial charge < -0.3 is 18.8 Å². The molecule has 0 aliphatic rings. The van der Waals surface area contributed by atoms with Gasteiger partial charge in [-0.15, -0.1) is 0 Å². The zero-order chi connectivity index (χ0) is 43.5. The van der Waals surface area contributed by atoms with Crippen LogP contribution in [0.1, 0.15) is 118 Å². The van der Waals surface area contributed by atoms with Crippen LogP contribution in [0, 0.1) is 47.2 Å². The zero-order valence-corrected chi connectivity index (χ0v) is 39.4. The van der Waals surface area contributed by atoms with E-state index in [0.29, 0.717) is 17.9 Å². The van der Waals surface area contributed by atoms with Crippen molar-refractivity contribution in [2.45, 2.75) is 110 Å². The van der Waals surface area contributed by atoms with Crippen molar-refractivity contribution in [2.24, 2.45) is 15.5 Å². The third kappa shape index (κ3) is 29.0. The number of nitrogens with two attached hydrogens (primary N) is 1. The summed E-state index contributed by atoms with van der Waals surface area (Å²) in [6.45, 7) is 24.2. The Morgan fingerprint density at radius 1 is 0.649 bits per heavy atom. The van der Waals surface area contributed by atoms with Crippen molar-refractivity contribution in [1.82, 2.24) is 4.72 Å². The molecule has 0 amide bonds. The second kappa shape index (κ2) is 29.3. The Morgan fingerprint density at radius 3 is 1.23 bits per heavy atom. The summed E-state index contributed by atoms with van der Waals surface area (Å²) in [6.07, 6.45) is 3.61. The molecule has 0 spiro atoms. The topological polar surface area (TPSA) is 119 Å². The molecule has 57 heavy (non-hydrogen) atoms. The van der Waals surface area contributed by atoms with Crippen LogP contribution in [0.15, 0.2) is 59.0 Å². The van der Waals surface area contributed by atoms with E-state index in [2.05, 4.69) is 9.12 Å². The third-order valence-corrected chi connectivity index (χ3v) is 10.2. The van der Waals surface area contributed by atoms with E-state index < -0.39 is 77.4 Å². The minimum absolute atomic E-state index is 0. The molecule has 4 atom stereocenters. The van der Waals surface area contributed by atoms with Gasteiger partial charge in [0.2, 0.25) is 0 Å². The first-order chi connectivity index (χ1) is 25.0. The number of aldehydes is 1. The molecule has 0 aromatic heterocycles. The van der Waals surface area contributed by atoms with Gasteiger partial charge in [-0.3, -0.25) is 9.93 Å². The fourth-order valence-corrected chi connectivity index (χ4v) is 4.72. The van der Waals surface area contributed by atoms with Crippen LogP contribution < -0.4 is 22.3 Å². The van der Waals surface area contributed by atoms with Gasteiger partial charge >= 0.3 is 23.1 Å². The van der Waals surface area contributed by atoms with Crippen LogP contribution in [0.5, 0.6) is 0 Å². The normalized spacial score (nSPS) is 13.2. The van der Waals surface area contributed by atoms with Gasteiger partial charge in [-0.2, -0.15) is 18.2 Å². The molecule has 0 fully saturated rings. The number of benzene rings is 3. The van der Waals surface area contributed by atoms with Gasteiger partial charge in [0.25, 0.3) is 0 Å². The fourth-order valence-electron chi connectivity index (χ4n) is 3.20. The first kappa shape index (κ1) is 61.7. The molecule has 18 heteroatoms. The molecule has 0 aliphatic heterocycles. The SMILES string of the molecule is CC(C)(C)S(N)=O.CC(C)(C)[S@](=O)N=Cc1cc(F)cc(F)c1.CC(C)C(N[S@@](=O)C(C)(C)C)c1cc(F)cc(F)c1.C[CH-]C.O=Cc1cc(F)cc(F)c1.[Cl-].[Mg+2]. The molecule has 0 aliphatic carbocycles. The number of nitrogens with zero attached hydrogens (tertiary/aromatic N) is 1. The van der Waals surface area contributed by atoms with Crippen LogP contribution in [-0.4, -0.2) is 62.4 Å². The van der Waals surface area contributed by atoms with E-state index >= 15 is 0 Å². The molecule has 0 heterocycles. The van der Waals surface area contributed by atoms with E-state index in [1.54, 1.807) is 20.8 Å². The number of nitrogens with one attached hydrogen (secondary N) is 1. The summed E-state index contributed by atoms with van der Waals surface area (Å²) >= 11 is 0. The molecule has 2 unspecified atom stereocenters. The Labute approximate surface area is 365 Å². The molecule has 320 valence electrons. The summed E-state index contributed by atoms with van der Waals surface area (Å²) < 4.78 is 116. The first-order valence-electron chi connectivity index (χ1n) is 16.9. The summed E-state index contributed by atoms with van der Waals surface area (Å²) in [7, 11) is -3.91. The monoisotopic (exact) mass is 899 g/mol. The maximum atomic E-state index is 13.3. The van der Waals surface area contributed by atoms with Crippen LogP contribution in [-0.2, 0) is 33.0 Å². The molecule has 0 saturated heterocycles. The molecular formula is C39H56ClF6MgN3O4S3. The zero-order valence-electron chi connectivity index (χ0n) is 34.8. The van der Waals surface area contributed by atoms with Gasteiger partial charge in [0.05, 0.1) is 36.2 Å². The molecular weight excluding hydrogens is 844 g/mol. The summed E-state index contributed by atoms with van der Waals surface area (Å²) in [4.78, 5) is 9.98. The van der Waals surface area contributed by atoms with Crippen molar-refractivity contribution in [2.75, 3.05) is 0 Å². The second-order valence-electron chi connectivity index (χ2n) is 15.0. The Morgan fingerprint density at radius 2 is 0.965 bits per heavy atom. The summed E-state index contributed by atoms with van der Waals surface area (Å²) in [5, 5.41) is 5.04. The van der Waals surface area contributed by atoms with E-state index in [0.717, 1.165) is 36.4 Å². The number of carbonyl (C=O) groups is 1. The predicted octanol–water partition coefficient (Wildman–Crippen LogP) is 6.60. The van der Waals surface area contributed by atoms with Crippen molar-refractivity contribution in [1.29, 1.82) is 0 Å². The summed E-state index contributed by atoms with van der Waals surface area (Å²) in [6, 6.07) is 8.73. The van der Waals surface area contributed by atoms with Crippen molar-refractivity contribution >= 4 is 68.5 Å². The smallest absolute Gasteiger partial charge is 1.00 e. The van der Waals surface area contributed by atoms with E-state index in [4.69, 9.17) is 5.14 Å². The molecule has 3 rings (SSSR count). The first-order valence-corrected chi connectivity index (χ1v) is 20.3. The van der Waals surface area contributed by atoms with Gasteiger partial charge in [0.15, 0.2) is 0 Å². The van der Waals surface area contributed by atoms with Crippen LogP contribution in [0.2, 0.25) is 0 Å². The van der Waals surface area contributed by atoms with E-state index in [1.165, 1.54) is 18.3 Å². The predicted molar refractivity (Wildman–Crippen MR) is 222 cm³/mol. The quantitative estimate of drug-likeness (QED) is 0.0915. The summed E-state index contributed by atoms with van der Waals surface area (Å²) in [5.41, 5.74) is 0.748. The standard InChI is InChI=1S/C14H21F2NOS.C11H13F2NOS.C7H4F2O.C4H11NOS.C3H7.ClH.Mg/c1-9(2)13(17-19(18)14(3,4)5)10-6-11(15)8-12(16)7-10;1-11(2,3)16(15)14-7-8-4-9(12)6-10(13)5-8;8-6-1-5(4-10)2-7(9)3-6;1-4(2,3)7(5)6;1-3-2;;/h6-9,13,17H,1-5H3;4-7H,1-3H3;1-4H;5H2,1-3H3;3H,1-2H3;1H;/q;;;;-1;;+2/p-1/t13?,19-;16-;;;;;/m00...../s1. The van der Waals surface area contributed by atoms with E-state index in [-0.39, 0.29) is 63.3 Å². The van der Waals surface area contributed by atoms with Crippen molar-refractivity contribution in [3.63, 3.8) is 0 Å². The average molecular weight is 901 g/mol. The van der Waals surface area contributed by atoms with E-state index in [1.807, 2.05) is 75.7 Å². The number of hydrogen-bond acceptors (Lipinski definition) is 4. The minimum atomic E-state index is -1.43. The van der Waals surface area contributed by atoms with Crippen LogP contribution >= 0.6 is 0 Å². The maximum absolute atomic E-state index is 13.3. The molecule has 3 aromatic carbocycles. The summed E-state index contributed by atoms with van der Waals surface area (Å²) in [5.74, 6) is -4.00. The molecule has 0 bridgehead atoms. The number of hydrogen-bond donors (Lipinski definition) is 2. The third-order valence-electron chi connectivity index (χ3n) is 6.03. The molecule has 3 N–H and O–H groups in total. The van der Waals surface area contributed by atoms with E-state index in [9.17, 15) is 43.8 Å². The molecule has 7 nitrogen and oxygen atoms in total. The largest absolute Gasteiger partial charge is 2.00 e. The minimum Gasteiger partial charge on any atom is -1.00 e. The Bertz CT molecular complexity index is 1690. The van der Waals surface area contributed by atoms with Crippen LogP contribution in [0.4, 0.5) is 26.3 Å². The van der Waals surface area contributed by atoms with Gasteiger partial charge in [-0.05, 0) is 116 Å². The number of carbonyl (C=O) groups excluding carboxylic acids is 1. The number of halogens is 7. The molecule has 0 radical (unpaired) electrons. The fraction of sp³-hybridized carbons (Fsp3) is 0.462. The van der Waals surface area contributed by atoms with Gasteiger partial charge in [0, 0.05) is 36.0 Å². The molecule has 3 aromatic rings. The van der Waals surface area contributed by atoms with Crippen molar-refractivity contribution in [3.05, 3.63) is 113 Å². The maximum Gasteiger partial charge on any atom is 2.00 e. The Balaban J connectivity index is -0.000000334. The Kier molecular flexibility index (Phi) is 31.7. The number of rotatable bonds is 7. The second-order valence-corrected chi connectivity index (χ2v) is 20.8. The van der Waals surface area contributed by atoms with Crippen molar-refractivity contribution < 1.29 is 56.2 Å². The van der Waals surface area contributed by atoms with Crippen LogP contribution in [0.25, 0.3) is 0 Å². The van der Waals surface area contributed by atoms with Crippen LogP contribution in [0.3, 0.4) is 0 Å². The average Bonchev–Trinajstić information content (AvgIpc) is 3.00. The Hall–Kier alpha value is -1.99. The van der Waals surface area contributed by atoms with Gasteiger partial charge in [-0.25, -0.2) is 43.7 Å². The van der Waals surface area contributed by atoms with Gasteiger partial charge in [-0.1, -0.05) is 13.8 Å². The van der Waals surface area contributed by atoms with Crippen molar-refractivity contribution in [3.8, 4) is 0 Å². The molecule has 0 saturated carbocycles.